The van der Waals surface area contributed by atoms with E-state index in [9.17, 15) is 0 Å². The molecular weight excluding hydrogens is 320 g/mol. The van der Waals surface area contributed by atoms with Gasteiger partial charge < -0.3 is 4.52 Å². The molecule has 3 aromatic rings. The standard InChI is InChI=1S/C18H22N4OS/c1-14(12-18-19-16-4-2-3-5-17(16)24-18)22-9-7-21(8-10-22)13-15-6-11-23-20-15/h2-6,11,14H,7-10,12-13H2,1H3. The lowest BCUT2D eigenvalue weighted by Crippen LogP contribution is -2.49. The monoisotopic (exact) mass is 342 g/mol. The van der Waals surface area contributed by atoms with E-state index in [1.165, 1.54) is 9.71 Å². The van der Waals surface area contributed by atoms with E-state index < -0.39 is 0 Å². The fourth-order valence-corrected chi connectivity index (χ4v) is 4.39. The summed E-state index contributed by atoms with van der Waals surface area (Å²) in [7, 11) is 0. The normalized spacial score (nSPS) is 18.2. The first-order chi connectivity index (χ1) is 11.8. The third kappa shape index (κ3) is 3.50. The summed E-state index contributed by atoms with van der Waals surface area (Å²) in [5.41, 5.74) is 2.15. The molecule has 0 bridgehead atoms. The van der Waals surface area contributed by atoms with Crippen molar-refractivity contribution >= 4 is 21.6 Å². The van der Waals surface area contributed by atoms with Crippen LogP contribution in [0.4, 0.5) is 0 Å². The number of hydrogen-bond acceptors (Lipinski definition) is 6. The minimum absolute atomic E-state index is 0.528. The van der Waals surface area contributed by atoms with Crippen molar-refractivity contribution in [3.63, 3.8) is 0 Å². The van der Waals surface area contributed by atoms with Crippen LogP contribution in [0.25, 0.3) is 10.2 Å². The second-order valence-electron chi connectivity index (χ2n) is 6.43. The molecule has 3 heterocycles. The number of fused-ring (bicyclic) bond motifs is 1. The predicted molar refractivity (Wildman–Crippen MR) is 96.1 cm³/mol. The third-order valence-corrected chi connectivity index (χ3v) is 5.77. The molecule has 1 unspecified atom stereocenters. The zero-order chi connectivity index (χ0) is 16.4. The summed E-state index contributed by atoms with van der Waals surface area (Å²) in [6, 6.07) is 10.9. The summed E-state index contributed by atoms with van der Waals surface area (Å²) in [6.45, 7) is 7.57. The molecule has 2 aromatic heterocycles. The van der Waals surface area contributed by atoms with Gasteiger partial charge in [0.2, 0.25) is 0 Å². The summed E-state index contributed by atoms with van der Waals surface area (Å²) < 4.78 is 6.20. The average molecular weight is 342 g/mol. The maximum atomic E-state index is 4.91. The van der Waals surface area contributed by atoms with Crippen LogP contribution in [-0.4, -0.2) is 52.2 Å². The molecule has 1 fully saturated rings. The second-order valence-corrected chi connectivity index (χ2v) is 7.55. The van der Waals surface area contributed by atoms with E-state index in [0.29, 0.717) is 6.04 Å². The summed E-state index contributed by atoms with van der Waals surface area (Å²) in [6.07, 6.45) is 2.67. The maximum absolute atomic E-state index is 4.91. The fraction of sp³-hybridized carbons (Fsp3) is 0.444. The Morgan fingerprint density at radius 2 is 2.00 bits per heavy atom. The third-order valence-electron chi connectivity index (χ3n) is 4.72. The average Bonchev–Trinajstić information content (AvgIpc) is 3.24. The zero-order valence-electron chi connectivity index (χ0n) is 13.9. The summed E-state index contributed by atoms with van der Waals surface area (Å²) in [5.74, 6) is 0. The highest BCUT2D eigenvalue weighted by molar-refractivity contribution is 7.18. The topological polar surface area (TPSA) is 45.4 Å². The molecule has 126 valence electrons. The summed E-state index contributed by atoms with van der Waals surface area (Å²) in [4.78, 5) is 9.79. The Morgan fingerprint density at radius 3 is 2.75 bits per heavy atom. The lowest BCUT2D eigenvalue weighted by molar-refractivity contribution is 0.0963. The maximum Gasteiger partial charge on any atom is 0.124 e. The molecule has 0 aliphatic carbocycles. The Bertz CT molecular complexity index is 744. The molecule has 1 saturated heterocycles. The quantitative estimate of drug-likeness (QED) is 0.713. The van der Waals surface area contributed by atoms with Gasteiger partial charge in [-0.2, -0.15) is 0 Å². The van der Waals surface area contributed by atoms with Crippen molar-refractivity contribution < 1.29 is 4.52 Å². The molecule has 5 nitrogen and oxygen atoms in total. The molecule has 1 aliphatic rings. The van der Waals surface area contributed by atoms with Crippen LogP contribution in [0.15, 0.2) is 41.1 Å². The summed E-state index contributed by atoms with van der Waals surface area (Å²) in [5, 5.41) is 5.25. The molecule has 1 atom stereocenters. The number of benzene rings is 1. The summed E-state index contributed by atoms with van der Waals surface area (Å²) >= 11 is 1.83. The Morgan fingerprint density at radius 1 is 1.17 bits per heavy atom. The van der Waals surface area contributed by atoms with Crippen LogP contribution >= 0.6 is 11.3 Å². The largest absolute Gasteiger partial charge is 0.364 e. The Kier molecular flexibility index (Phi) is 4.60. The minimum Gasteiger partial charge on any atom is -0.364 e. The molecule has 0 N–H and O–H groups in total. The molecule has 0 amide bonds. The Labute approximate surface area is 145 Å². The highest BCUT2D eigenvalue weighted by Gasteiger charge is 2.22. The second kappa shape index (κ2) is 7.01. The van der Waals surface area contributed by atoms with Gasteiger partial charge in [-0.15, -0.1) is 11.3 Å². The molecule has 1 aliphatic heterocycles. The van der Waals surface area contributed by atoms with Crippen molar-refractivity contribution in [1.82, 2.24) is 19.9 Å². The lowest BCUT2D eigenvalue weighted by atomic mass is 10.1. The van der Waals surface area contributed by atoms with E-state index in [4.69, 9.17) is 9.51 Å². The number of rotatable bonds is 5. The van der Waals surface area contributed by atoms with E-state index in [2.05, 4.69) is 46.1 Å². The van der Waals surface area contributed by atoms with Crippen molar-refractivity contribution in [3.8, 4) is 0 Å². The number of nitrogens with zero attached hydrogens (tertiary/aromatic N) is 4. The lowest BCUT2D eigenvalue weighted by Gasteiger charge is -2.37. The van der Waals surface area contributed by atoms with E-state index >= 15 is 0 Å². The molecule has 0 saturated carbocycles. The number of para-hydroxylation sites is 1. The van der Waals surface area contributed by atoms with Crippen molar-refractivity contribution in [3.05, 3.63) is 47.3 Å². The van der Waals surface area contributed by atoms with Crippen LogP contribution in [0, 0.1) is 0 Å². The van der Waals surface area contributed by atoms with Crippen LogP contribution in [0.5, 0.6) is 0 Å². The molecular formula is C18H22N4OS. The van der Waals surface area contributed by atoms with Crippen LogP contribution in [0.1, 0.15) is 17.6 Å². The number of thiazole rings is 1. The minimum atomic E-state index is 0.528. The van der Waals surface area contributed by atoms with Gasteiger partial charge in [0.1, 0.15) is 6.26 Å². The SMILES string of the molecule is CC(Cc1nc2ccccc2s1)N1CCN(Cc2ccon2)CC1. The van der Waals surface area contributed by atoms with Crippen LogP contribution in [0.3, 0.4) is 0 Å². The van der Waals surface area contributed by atoms with Crippen LogP contribution < -0.4 is 0 Å². The number of hydrogen-bond donors (Lipinski definition) is 0. The molecule has 6 heteroatoms. The molecule has 0 radical (unpaired) electrons. The van der Waals surface area contributed by atoms with E-state index in [1.807, 2.05) is 17.4 Å². The first kappa shape index (κ1) is 15.7. The van der Waals surface area contributed by atoms with Gasteiger partial charge in [0.25, 0.3) is 0 Å². The Balaban J connectivity index is 1.31. The van der Waals surface area contributed by atoms with Gasteiger partial charge in [0.05, 0.1) is 20.9 Å². The highest BCUT2D eigenvalue weighted by Crippen LogP contribution is 2.23. The van der Waals surface area contributed by atoms with E-state index in [0.717, 1.165) is 50.4 Å². The van der Waals surface area contributed by atoms with Gasteiger partial charge >= 0.3 is 0 Å². The van der Waals surface area contributed by atoms with Crippen molar-refractivity contribution in [2.45, 2.75) is 25.9 Å². The molecule has 1 aromatic carbocycles. The van der Waals surface area contributed by atoms with Gasteiger partial charge in [-0.05, 0) is 19.1 Å². The number of aromatic nitrogens is 2. The van der Waals surface area contributed by atoms with Gasteiger partial charge in [-0.25, -0.2) is 4.98 Å². The fourth-order valence-electron chi connectivity index (χ4n) is 3.30. The van der Waals surface area contributed by atoms with Crippen molar-refractivity contribution in [2.24, 2.45) is 0 Å². The van der Waals surface area contributed by atoms with E-state index in [-0.39, 0.29) is 0 Å². The van der Waals surface area contributed by atoms with Gasteiger partial charge in [0.15, 0.2) is 0 Å². The molecule has 0 spiro atoms. The van der Waals surface area contributed by atoms with Gasteiger partial charge in [-0.1, -0.05) is 17.3 Å². The zero-order valence-corrected chi connectivity index (χ0v) is 14.7. The van der Waals surface area contributed by atoms with Crippen molar-refractivity contribution in [1.29, 1.82) is 0 Å². The Hall–Kier alpha value is -1.76. The first-order valence-corrected chi connectivity index (χ1v) is 9.30. The van der Waals surface area contributed by atoms with E-state index in [1.54, 1.807) is 6.26 Å². The van der Waals surface area contributed by atoms with Crippen molar-refractivity contribution in [2.75, 3.05) is 26.2 Å². The number of piperazine rings is 1. The first-order valence-electron chi connectivity index (χ1n) is 8.48. The molecule has 4 rings (SSSR count). The van der Waals surface area contributed by atoms with Crippen LogP contribution in [-0.2, 0) is 13.0 Å². The van der Waals surface area contributed by atoms with Gasteiger partial charge in [0, 0.05) is 51.3 Å². The highest BCUT2D eigenvalue weighted by atomic mass is 32.1. The predicted octanol–water partition coefficient (Wildman–Crippen LogP) is 3.03. The smallest absolute Gasteiger partial charge is 0.124 e. The van der Waals surface area contributed by atoms with Crippen LogP contribution in [0.2, 0.25) is 0 Å². The van der Waals surface area contributed by atoms with Gasteiger partial charge in [-0.3, -0.25) is 9.80 Å². The molecule has 24 heavy (non-hydrogen) atoms.